The second-order valence-electron chi connectivity index (χ2n) is 3.27. The molecule has 0 saturated carbocycles. The Hall–Kier alpha value is -1.78. The van der Waals surface area contributed by atoms with E-state index in [9.17, 15) is 19.2 Å². The highest BCUT2D eigenvalue weighted by molar-refractivity contribution is 6.26. The van der Waals surface area contributed by atoms with Gasteiger partial charge in [-0.25, -0.2) is 4.79 Å². The van der Waals surface area contributed by atoms with Crippen molar-refractivity contribution in [2.45, 2.75) is 19.8 Å². The van der Waals surface area contributed by atoms with Gasteiger partial charge in [0, 0.05) is 18.4 Å². The molecule has 5 heteroatoms. The van der Waals surface area contributed by atoms with Crippen LogP contribution in [-0.2, 0) is 19.2 Å². The summed E-state index contributed by atoms with van der Waals surface area (Å²) in [5.41, 5.74) is -0.245. The average Bonchev–Trinajstić information content (AvgIpc) is 2.16. The molecule has 0 aromatic carbocycles. The molecule has 1 unspecified atom stereocenters. The van der Waals surface area contributed by atoms with E-state index in [0.717, 1.165) is 6.08 Å². The lowest BCUT2D eigenvalue weighted by Crippen LogP contribution is -2.35. The van der Waals surface area contributed by atoms with Crippen molar-refractivity contribution in [3.63, 3.8) is 0 Å². The smallest absolute Gasteiger partial charge is 0.332 e. The molecule has 1 N–H and O–H groups in total. The number of carboxylic acids is 1. The summed E-state index contributed by atoms with van der Waals surface area (Å²) < 4.78 is 0. The van der Waals surface area contributed by atoms with E-state index >= 15 is 0 Å². The molecule has 1 atom stereocenters. The van der Waals surface area contributed by atoms with E-state index in [2.05, 4.69) is 0 Å². The second-order valence-corrected chi connectivity index (χ2v) is 3.27. The number of ketones is 3. The van der Waals surface area contributed by atoms with Gasteiger partial charge in [-0.2, -0.15) is 0 Å². The molecule has 5 nitrogen and oxygen atoms in total. The summed E-state index contributed by atoms with van der Waals surface area (Å²) >= 11 is 0. The Labute approximate surface area is 85.8 Å². The van der Waals surface area contributed by atoms with Crippen molar-refractivity contribution in [1.29, 1.82) is 0 Å². The van der Waals surface area contributed by atoms with Crippen molar-refractivity contribution in [1.82, 2.24) is 0 Å². The number of hydrogen-bond acceptors (Lipinski definition) is 4. The quantitative estimate of drug-likeness (QED) is 0.669. The number of carbonyl (C=O) groups is 4. The predicted molar refractivity (Wildman–Crippen MR) is 49.1 cm³/mol. The third-order valence-electron chi connectivity index (χ3n) is 2.23. The van der Waals surface area contributed by atoms with Crippen LogP contribution < -0.4 is 0 Å². The van der Waals surface area contributed by atoms with Gasteiger partial charge >= 0.3 is 5.97 Å². The van der Waals surface area contributed by atoms with Crippen molar-refractivity contribution >= 4 is 23.3 Å². The summed E-state index contributed by atoms with van der Waals surface area (Å²) in [4.78, 5) is 44.5. The molecule has 0 bridgehead atoms. The van der Waals surface area contributed by atoms with Gasteiger partial charge in [-0.15, -0.1) is 0 Å². The van der Waals surface area contributed by atoms with Crippen LogP contribution in [0.15, 0.2) is 11.6 Å². The number of carboxylic acid groups (broad SMARTS) is 1. The predicted octanol–water partition coefficient (Wildman–Crippen LogP) is 0.135. The zero-order chi connectivity index (χ0) is 11.6. The van der Waals surface area contributed by atoms with Crippen LogP contribution in [0.3, 0.4) is 0 Å². The van der Waals surface area contributed by atoms with Crippen LogP contribution in [-0.4, -0.2) is 28.4 Å². The normalized spacial score (nSPS) is 21.1. The molecule has 15 heavy (non-hydrogen) atoms. The first-order valence-electron chi connectivity index (χ1n) is 4.50. The van der Waals surface area contributed by atoms with Gasteiger partial charge in [0.2, 0.25) is 0 Å². The third-order valence-corrected chi connectivity index (χ3v) is 2.23. The first-order chi connectivity index (χ1) is 6.97. The highest BCUT2D eigenvalue weighted by Crippen LogP contribution is 2.19. The van der Waals surface area contributed by atoms with Gasteiger partial charge in [0.25, 0.3) is 0 Å². The van der Waals surface area contributed by atoms with E-state index in [1.165, 1.54) is 0 Å². The van der Waals surface area contributed by atoms with Crippen molar-refractivity contribution in [2.24, 2.45) is 5.92 Å². The molecule has 0 saturated heterocycles. The Morgan fingerprint density at radius 1 is 1.47 bits per heavy atom. The van der Waals surface area contributed by atoms with E-state index in [-0.39, 0.29) is 18.4 Å². The Morgan fingerprint density at radius 3 is 2.47 bits per heavy atom. The number of carbonyl (C=O) groups excluding carboxylic acids is 3. The van der Waals surface area contributed by atoms with Gasteiger partial charge in [-0.3, -0.25) is 14.4 Å². The highest BCUT2D eigenvalue weighted by Gasteiger charge is 2.36. The van der Waals surface area contributed by atoms with Crippen LogP contribution >= 0.6 is 0 Å². The highest BCUT2D eigenvalue weighted by atomic mass is 16.4. The van der Waals surface area contributed by atoms with Crippen LogP contribution in [0.25, 0.3) is 0 Å². The maximum atomic E-state index is 11.4. The van der Waals surface area contributed by atoms with Crippen molar-refractivity contribution in [3.05, 3.63) is 11.6 Å². The zero-order valence-corrected chi connectivity index (χ0v) is 8.15. The molecular formula is C10H10O5. The molecule has 0 amide bonds. The largest absolute Gasteiger partial charge is 0.478 e. The fourth-order valence-electron chi connectivity index (χ4n) is 1.43. The van der Waals surface area contributed by atoms with Gasteiger partial charge in [0.1, 0.15) is 5.92 Å². The van der Waals surface area contributed by atoms with Crippen LogP contribution in [0.5, 0.6) is 0 Å². The van der Waals surface area contributed by atoms with Gasteiger partial charge in [0.05, 0.1) is 0 Å². The molecular weight excluding hydrogens is 200 g/mol. The van der Waals surface area contributed by atoms with E-state index in [1.807, 2.05) is 0 Å². The third kappa shape index (κ3) is 2.18. The molecule has 0 aromatic heterocycles. The minimum atomic E-state index is -1.29. The molecule has 0 radical (unpaired) electrons. The number of hydrogen-bond donors (Lipinski definition) is 1. The number of Topliss-reactive ketones (excluding diaryl/α,β-unsaturated/α-hetero) is 2. The Balaban J connectivity index is 3.00. The van der Waals surface area contributed by atoms with Gasteiger partial charge in [-0.05, 0) is 6.08 Å². The van der Waals surface area contributed by atoms with Crippen LogP contribution in [0.4, 0.5) is 0 Å². The number of aliphatic carboxylic acids is 1. The fourth-order valence-corrected chi connectivity index (χ4v) is 1.43. The second kappa shape index (κ2) is 4.16. The maximum Gasteiger partial charge on any atom is 0.332 e. The first kappa shape index (κ1) is 11.3. The minimum Gasteiger partial charge on any atom is -0.478 e. The Morgan fingerprint density at radius 2 is 2.07 bits per heavy atom. The number of allylic oxidation sites excluding steroid dienone is 1. The fraction of sp³-hybridized carbons (Fsp3) is 0.400. The topological polar surface area (TPSA) is 88.5 Å². The SMILES string of the molecule is CCC(=O)C1C(=O)C=C(C(=O)O)CC1=O. The zero-order valence-electron chi connectivity index (χ0n) is 8.15. The number of rotatable bonds is 3. The van der Waals surface area contributed by atoms with Gasteiger partial charge in [-0.1, -0.05) is 6.92 Å². The van der Waals surface area contributed by atoms with E-state index in [0.29, 0.717) is 0 Å². The summed E-state index contributed by atoms with van der Waals surface area (Å²) in [7, 11) is 0. The molecule has 80 valence electrons. The lowest BCUT2D eigenvalue weighted by Gasteiger charge is -2.15. The van der Waals surface area contributed by atoms with Crippen LogP contribution in [0, 0.1) is 5.92 Å². The van der Waals surface area contributed by atoms with E-state index < -0.39 is 29.2 Å². The van der Waals surface area contributed by atoms with Gasteiger partial charge < -0.3 is 5.11 Å². The summed E-state index contributed by atoms with van der Waals surface area (Å²) in [6.45, 7) is 1.55. The Kier molecular flexibility index (Phi) is 3.14. The van der Waals surface area contributed by atoms with Crippen molar-refractivity contribution in [2.75, 3.05) is 0 Å². The first-order valence-corrected chi connectivity index (χ1v) is 4.50. The lowest BCUT2D eigenvalue weighted by atomic mass is 9.84. The molecule has 1 rings (SSSR count). The molecule has 0 aliphatic heterocycles. The van der Waals surface area contributed by atoms with E-state index in [4.69, 9.17) is 5.11 Å². The summed E-state index contributed by atoms with van der Waals surface area (Å²) in [5, 5.41) is 8.60. The Bertz CT molecular complexity index is 377. The van der Waals surface area contributed by atoms with Crippen molar-refractivity contribution < 1.29 is 24.3 Å². The summed E-state index contributed by atoms with van der Waals surface area (Å²) in [6, 6.07) is 0. The average molecular weight is 210 g/mol. The summed E-state index contributed by atoms with van der Waals surface area (Å²) in [6.07, 6.45) is 0.623. The van der Waals surface area contributed by atoms with Crippen LogP contribution in [0.2, 0.25) is 0 Å². The minimum absolute atomic E-state index is 0.0956. The standard InChI is InChI=1S/C10H10O5/c1-2-6(11)9-7(12)3-5(10(14)15)4-8(9)13/h3,9H,2,4H2,1H3,(H,14,15). The molecule has 0 heterocycles. The monoisotopic (exact) mass is 210 g/mol. The van der Waals surface area contributed by atoms with Crippen molar-refractivity contribution in [3.8, 4) is 0 Å². The lowest BCUT2D eigenvalue weighted by molar-refractivity contribution is -0.141. The molecule has 0 fully saturated rings. The van der Waals surface area contributed by atoms with Crippen LogP contribution in [0.1, 0.15) is 19.8 Å². The molecule has 1 aliphatic carbocycles. The maximum absolute atomic E-state index is 11.4. The molecule has 0 spiro atoms. The molecule has 1 aliphatic rings. The van der Waals surface area contributed by atoms with E-state index in [1.54, 1.807) is 6.92 Å². The molecule has 0 aromatic rings. The summed E-state index contributed by atoms with van der Waals surface area (Å²) in [5.74, 6) is -4.36. The van der Waals surface area contributed by atoms with Gasteiger partial charge in [0.15, 0.2) is 17.3 Å².